The maximum Gasteiger partial charge on any atom is 0.244 e. The molecule has 1 heterocycles. The molecule has 0 saturated heterocycles. The first kappa shape index (κ1) is 15.0. The average molecular weight is 294 g/mol. The van der Waals surface area contributed by atoms with Crippen molar-refractivity contribution < 1.29 is 13.5 Å². The van der Waals surface area contributed by atoms with Crippen molar-refractivity contribution >= 4 is 10.0 Å². The number of aromatic nitrogens is 1. The summed E-state index contributed by atoms with van der Waals surface area (Å²) in [6.07, 6.45) is 4.98. The summed E-state index contributed by atoms with van der Waals surface area (Å²) in [4.78, 5) is 4.05. The molecule has 0 amide bonds. The van der Waals surface area contributed by atoms with E-state index in [1.54, 1.807) is 7.05 Å². The topological polar surface area (TPSA) is 70.5 Å². The Kier molecular flexibility index (Phi) is 4.43. The molecule has 1 aromatic heterocycles. The van der Waals surface area contributed by atoms with Gasteiger partial charge in [0.2, 0.25) is 10.0 Å². The summed E-state index contributed by atoms with van der Waals surface area (Å²) in [5.41, 5.74) is 0.479. The Morgan fingerprint density at radius 2 is 2.20 bits per heavy atom. The zero-order valence-electron chi connectivity index (χ0n) is 11.6. The van der Waals surface area contributed by atoms with Crippen LogP contribution >= 0.6 is 0 Å². The first-order chi connectivity index (χ1) is 9.46. The molecule has 108 valence electrons. The lowest BCUT2D eigenvalue weighted by molar-refractivity contribution is 0.350. The third kappa shape index (κ3) is 3.18. The predicted molar refractivity (Wildman–Crippen MR) is 75.3 cm³/mol. The van der Waals surface area contributed by atoms with Crippen molar-refractivity contribution in [1.82, 2.24) is 9.29 Å². The normalized spacial score (nSPS) is 16.6. The van der Waals surface area contributed by atoms with Gasteiger partial charge in [-0.3, -0.25) is 4.98 Å². The highest BCUT2D eigenvalue weighted by Gasteiger charge is 2.36. The summed E-state index contributed by atoms with van der Waals surface area (Å²) in [6, 6.07) is 1.48. The monoisotopic (exact) mass is 294 g/mol. The smallest absolute Gasteiger partial charge is 0.244 e. The summed E-state index contributed by atoms with van der Waals surface area (Å²) >= 11 is 0. The van der Waals surface area contributed by atoms with E-state index >= 15 is 0 Å². The van der Waals surface area contributed by atoms with E-state index in [1.165, 1.54) is 22.8 Å². The van der Waals surface area contributed by atoms with Gasteiger partial charge < -0.3 is 5.11 Å². The Morgan fingerprint density at radius 3 is 2.80 bits per heavy atom. The lowest BCUT2D eigenvalue weighted by atomic mass is 10.2. The number of aliphatic hydroxyl groups is 1. The third-order valence-corrected chi connectivity index (χ3v) is 5.49. The third-order valence-electron chi connectivity index (χ3n) is 3.58. The molecule has 1 N–H and O–H groups in total. The second-order valence-electron chi connectivity index (χ2n) is 4.97. The van der Waals surface area contributed by atoms with Gasteiger partial charge in [-0.15, -0.1) is 0 Å². The molecule has 20 heavy (non-hydrogen) atoms. The summed E-state index contributed by atoms with van der Waals surface area (Å²) < 4.78 is 26.4. The summed E-state index contributed by atoms with van der Waals surface area (Å²) in [7, 11) is -1.95. The van der Waals surface area contributed by atoms with Gasteiger partial charge in [-0.25, -0.2) is 8.42 Å². The van der Waals surface area contributed by atoms with E-state index in [2.05, 4.69) is 16.8 Å². The second-order valence-corrected chi connectivity index (χ2v) is 6.97. The number of aliphatic hydroxyl groups excluding tert-OH is 1. The highest BCUT2D eigenvalue weighted by atomic mass is 32.2. The van der Waals surface area contributed by atoms with Crippen molar-refractivity contribution in [3.63, 3.8) is 0 Å². The van der Waals surface area contributed by atoms with Crippen LogP contribution in [0, 0.1) is 17.8 Å². The van der Waals surface area contributed by atoms with Gasteiger partial charge in [0.05, 0.1) is 0 Å². The number of hydrogen-bond acceptors (Lipinski definition) is 4. The minimum Gasteiger partial charge on any atom is -0.384 e. The Labute approximate surface area is 119 Å². The Bertz CT molecular complexity index is 642. The first-order valence-electron chi connectivity index (χ1n) is 6.49. The lowest BCUT2D eigenvalue weighted by Crippen LogP contribution is -2.36. The van der Waals surface area contributed by atoms with Crippen LogP contribution < -0.4 is 0 Å². The van der Waals surface area contributed by atoms with Gasteiger partial charge in [-0.2, -0.15) is 4.31 Å². The van der Waals surface area contributed by atoms with Crippen molar-refractivity contribution in [1.29, 1.82) is 0 Å². The minimum absolute atomic E-state index is 0.00724. The Hall–Kier alpha value is -1.42. The van der Waals surface area contributed by atoms with E-state index in [-0.39, 0.29) is 17.5 Å². The number of rotatable bonds is 4. The Morgan fingerprint density at radius 1 is 1.50 bits per heavy atom. The lowest BCUT2D eigenvalue weighted by Gasteiger charge is -2.24. The van der Waals surface area contributed by atoms with E-state index < -0.39 is 10.0 Å². The zero-order valence-corrected chi connectivity index (χ0v) is 12.4. The highest BCUT2D eigenvalue weighted by Crippen LogP contribution is 2.36. The first-order valence-corrected chi connectivity index (χ1v) is 7.93. The van der Waals surface area contributed by atoms with Crippen LogP contribution in [0.4, 0.5) is 0 Å². The van der Waals surface area contributed by atoms with E-state index in [9.17, 15) is 8.42 Å². The molecule has 6 heteroatoms. The van der Waals surface area contributed by atoms with E-state index in [4.69, 9.17) is 5.11 Å². The van der Waals surface area contributed by atoms with Gasteiger partial charge in [0, 0.05) is 31.0 Å². The van der Waals surface area contributed by atoms with Crippen LogP contribution in [-0.4, -0.2) is 42.5 Å². The summed E-state index contributed by atoms with van der Waals surface area (Å²) in [5.74, 6) is 5.60. The summed E-state index contributed by atoms with van der Waals surface area (Å²) in [5, 5.41) is 8.67. The van der Waals surface area contributed by atoms with Crippen LogP contribution in [0.5, 0.6) is 0 Å². The Balaban J connectivity index is 2.28. The average Bonchev–Trinajstić information content (AvgIpc) is 3.28. The van der Waals surface area contributed by atoms with E-state index in [1.807, 2.05) is 6.92 Å². The number of nitrogens with zero attached hydrogens (tertiary/aromatic N) is 2. The van der Waals surface area contributed by atoms with Crippen molar-refractivity contribution in [3.05, 3.63) is 24.0 Å². The predicted octanol–water partition coefficient (Wildman–Crippen LogP) is 0.844. The SMILES string of the molecule is CC(C1CC1)N(C)S(=O)(=O)c1cncc(C#CCO)c1. The maximum atomic E-state index is 12.5. The number of hydrogen-bond donors (Lipinski definition) is 1. The van der Waals surface area contributed by atoms with Crippen LogP contribution in [0.1, 0.15) is 25.3 Å². The molecule has 5 nitrogen and oxygen atoms in total. The minimum atomic E-state index is -3.55. The molecule has 2 rings (SSSR count). The largest absolute Gasteiger partial charge is 0.384 e. The fraction of sp³-hybridized carbons (Fsp3) is 0.500. The molecule has 1 atom stereocenters. The fourth-order valence-corrected chi connectivity index (χ4v) is 3.44. The van der Waals surface area contributed by atoms with Crippen molar-refractivity contribution in [2.75, 3.05) is 13.7 Å². The van der Waals surface area contributed by atoms with Crippen LogP contribution in [0.15, 0.2) is 23.4 Å². The zero-order chi connectivity index (χ0) is 14.8. The molecule has 0 aliphatic heterocycles. The van der Waals surface area contributed by atoms with Gasteiger partial charge in [0.15, 0.2) is 0 Å². The molecule has 1 aliphatic rings. The van der Waals surface area contributed by atoms with E-state index in [0.29, 0.717) is 11.5 Å². The molecule has 0 radical (unpaired) electrons. The fourth-order valence-electron chi connectivity index (χ4n) is 2.03. The molecule has 1 fully saturated rings. The molecule has 0 bridgehead atoms. The van der Waals surface area contributed by atoms with E-state index in [0.717, 1.165) is 12.8 Å². The van der Waals surface area contributed by atoms with Crippen LogP contribution in [0.25, 0.3) is 0 Å². The molecule has 1 aromatic rings. The molecule has 1 saturated carbocycles. The summed E-state index contributed by atoms with van der Waals surface area (Å²) in [6.45, 7) is 1.66. The van der Waals surface area contributed by atoms with Gasteiger partial charge in [0.25, 0.3) is 0 Å². The van der Waals surface area contributed by atoms with Crippen LogP contribution in [0.2, 0.25) is 0 Å². The van der Waals surface area contributed by atoms with Gasteiger partial charge in [-0.05, 0) is 31.7 Å². The molecular weight excluding hydrogens is 276 g/mol. The van der Waals surface area contributed by atoms with Gasteiger partial charge in [0.1, 0.15) is 11.5 Å². The molecule has 1 aliphatic carbocycles. The standard InChI is InChI=1S/C14H18N2O3S/c1-11(13-5-6-13)16(2)20(18,19)14-8-12(4-3-7-17)9-15-10-14/h8-11,13,17H,5-7H2,1-2H3. The van der Waals surface area contributed by atoms with Crippen LogP contribution in [-0.2, 0) is 10.0 Å². The highest BCUT2D eigenvalue weighted by molar-refractivity contribution is 7.89. The van der Waals surface area contributed by atoms with Crippen molar-refractivity contribution in [2.24, 2.45) is 5.92 Å². The number of sulfonamides is 1. The van der Waals surface area contributed by atoms with Crippen molar-refractivity contribution in [3.8, 4) is 11.8 Å². The molecule has 0 aromatic carbocycles. The quantitative estimate of drug-likeness (QED) is 0.836. The maximum absolute atomic E-state index is 12.5. The molecule has 0 spiro atoms. The van der Waals surface area contributed by atoms with Crippen LogP contribution in [0.3, 0.4) is 0 Å². The second kappa shape index (κ2) is 5.92. The van der Waals surface area contributed by atoms with Gasteiger partial charge in [-0.1, -0.05) is 11.8 Å². The number of pyridine rings is 1. The molecule has 1 unspecified atom stereocenters. The van der Waals surface area contributed by atoms with Crippen molar-refractivity contribution in [2.45, 2.75) is 30.7 Å². The van der Waals surface area contributed by atoms with Gasteiger partial charge >= 0.3 is 0 Å². The molecular formula is C14H18N2O3S.